The standard InChI is InChI=1S/C18H19N3O6/c1-11(12-4-7-14(8-5-12)21(23)24)18(22)27-20-17(19)13-6-9-15(25-2)16(10-13)26-3/h4-11H,1-3H3,(H2,19,20)/t11-/m1/s1. The molecule has 0 heterocycles. The number of methoxy groups -OCH3 is 2. The van der Waals surface area contributed by atoms with Crippen molar-refractivity contribution in [1.82, 2.24) is 0 Å². The van der Waals surface area contributed by atoms with Crippen LogP contribution in [0, 0.1) is 10.1 Å². The topological polar surface area (TPSA) is 126 Å². The lowest BCUT2D eigenvalue weighted by Crippen LogP contribution is -2.17. The molecule has 0 unspecified atom stereocenters. The summed E-state index contributed by atoms with van der Waals surface area (Å²) in [6.45, 7) is 1.60. The zero-order chi connectivity index (χ0) is 20.0. The number of carbonyl (C=O) groups excluding carboxylic acids is 1. The van der Waals surface area contributed by atoms with Crippen LogP contribution in [0.4, 0.5) is 5.69 Å². The number of hydrogen-bond donors (Lipinski definition) is 1. The molecule has 0 aromatic heterocycles. The first-order chi connectivity index (χ1) is 12.9. The Hall–Kier alpha value is -3.62. The molecule has 2 N–H and O–H groups in total. The van der Waals surface area contributed by atoms with E-state index < -0.39 is 16.8 Å². The highest BCUT2D eigenvalue weighted by Crippen LogP contribution is 2.27. The molecule has 0 aliphatic rings. The molecule has 0 saturated heterocycles. The summed E-state index contributed by atoms with van der Waals surface area (Å²) in [6.07, 6.45) is 0. The van der Waals surface area contributed by atoms with Gasteiger partial charge in [-0.15, -0.1) is 0 Å². The Kier molecular flexibility index (Phi) is 6.32. The van der Waals surface area contributed by atoms with Gasteiger partial charge in [-0.1, -0.05) is 17.3 Å². The number of amidine groups is 1. The summed E-state index contributed by atoms with van der Waals surface area (Å²) in [7, 11) is 3.00. The molecule has 2 aromatic rings. The fourth-order valence-corrected chi connectivity index (χ4v) is 2.24. The molecule has 9 nitrogen and oxygen atoms in total. The number of ether oxygens (including phenoxy) is 2. The SMILES string of the molecule is COc1ccc(/C(N)=N\OC(=O)[C@H](C)c2ccc([N+](=O)[O-])cc2)cc1OC. The number of rotatable bonds is 7. The van der Waals surface area contributed by atoms with Crippen LogP contribution in [0.15, 0.2) is 47.6 Å². The molecule has 1 atom stereocenters. The van der Waals surface area contributed by atoms with Crippen LogP contribution in [-0.4, -0.2) is 30.9 Å². The lowest BCUT2D eigenvalue weighted by molar-refractivity contribution is -0.384. The lowest BCUT2D eigenvalue weighted by Gasteiger charge is -2.10. The predicted molar refractivity (Wildman–Crippen MR) is 97.9 cm³/mol. The van der Waals surface area contributed by atoms with E-state index in [1.165, 1.54) is 38.5 Å². The summed E-state index contributed by atoms with van der Waals surface area (Å²) in [5.74, 6) is -0.350. The van der Waals surface area contributed by atoms with E-state index in [4.69, 9.17) is 20.0 Å². The molecule has 0 fully saturated rings. The van der Waals surface area contributed by atoms with E-state index in [-0.39, 0.29) is 11.5 Å². The second kappa shape index (κ2) is 8.65. The Balaban J connectivity index is 2.09. The first-order valence-corrected chi connectivity index (χ1v) is 7.88. The second-order valence-electron chi connectivity index (χ2n) is 5.53. The van der Waals surface area contributed by atoms with E-state index in [2.05, 4.69) is 5.16 Å². The van der Waals surface area contributed by atoms with Crippen LogP contribution >= 0.6 is 0 Å². The van der Waals surface area contributed by atoms with Crippen molar-refractivity contribution in [3.05, 3.63) is 63.7 Å². The molecule has 0 amide bonds. The summed E-state index contributed by atoms with van der Waals surface area (Å²) in [4.78, 5) is 27.2. The van der Waals surface area contributed by atoms with Gasteiger partial charge in [0.1, 0.15) is 0 Å². The van der Waals surface area contributed by atoms with Crippen LogP contribution in [0.1, 0.15) is 24.0 Å². The van der Waals surface area contributed by atoms with E-state index in [0.717, 1.165) is 0 Å². The summed E-state index contributed by atoms with van der Waals surface area (Å²) in [5, 5.41) is 14.3. The zero-order valence-corrected chi connectivity index (χ0v) is 15.0. The first-order valence-electron chi connectivity index (χ1n) is 7.88. The van der Waals surface area contributed by atoms with E-state index in [1.54, 1.807) is 25.1 Å². The Bertz CT molecular complexity index is 864. The fraction of sp³-hybridized carbons (Fsp3) is 0.222. The first kappa shape index (κ1) is 19.7. The smallest absolute Gasteiger partial charge is 0.342 e. The van der Waals surface area contributed by atoms with Crippen LogP contribution in [0.25, 0.3) is 0 Å². The fourth-order valence-electron chi connectivity index (χ4n) is 2.24. The molecule has 9 heteroatoms. The third-order valence-electron chi connectivity index (χ3n) is 3.87. The average molecular weight is 373 g/mol. The molecule has 0 saturated carbocycles. The summed E-state index contributed by atoms with van der Waals surface area (Å²) >= 11 is 0. The van der Waals surface area contributed by atoms with Crippen LogP contribution in [0.3, 0.4) is 0 Å². The molecular formula is C18H19N3O6. The van der Waals surface area contributed by atoms with Crippen LogP contribution in [0.5, 0.6) is 11.5 Å². The van der Waals surface area contributed by atoms with Crippen molar-refractivity contribution in [3.8, 4) is 11.5 Å². The van der Waals surface area contributed by atoms with Crippen LogP contribution in [-0.2, 0) is 9.63 Å². The molecule has 2 rings (SSSR count). The molecule has 0 radical (unpaired) electrons. The number of nitro groups is 1. The number of nitrogens with zero attached hydrogens (tertiary/aromatic N) is 2. The van der Waals surface area contributed by atoms with Gasteiger partial charge in [-0.2, -0.15) is 0 Å². The molecular weight excluding hydrogens is 354 g/mol. The quantitative estimate of drug-likeness (QED) is 0.260. The van der Waals surface area contributed by atoms with Gasteiger partial charge in [-0.05, 0) is 30.7 Å². The minimum atomic E-state index is -0.673. The van der Waals surface area contributed by atoms with Gasteiger partial charge in [0.05, 0.1) is 25.1 Å². The third kappa shape index (κ3) is 4.72. The van der Waals surface area contributed by atoms with E-state index in [0.29, 0.717) is 22.6 Å². The van der Waals surface area contributed by atoms with Gasteiger partial charge in [-0.25, -0.2) is 4.79 Å². The van der Waals surface area contributed by atoms with E-state index in [9.17, 15) is 14.9 Å². The Morgan fingerprint density at radius 3 is 2.30 bits per heavy atom. The van der Waals surface area contributed by atoms with E-state index >= 15 is 0 Å². The molecule has 142 valence electrons. The van der Waals surface area contributed by atoms with E-state index in [1.807, 2.05) is 0 Å². The zero-order valence-electron chi connectivity index (χ0n) is 15.0. The van der Waals surface area contributed by atoms with Crippen molar-refractivity contribution >= 4 is 17.5 Å². The van der Waals surface area contributed by atoms with Crippen molar-refractivity contribution in [2.45, 2.75) is 12.8 Å². The summed E-state index contributed by atoms with van der Waals surface area (Å²) in [6, 6.07) is 10.5. The number of benzene rings is 2. The largest absolute Gasteiger partial charge is 0.493 e. The van der Waals surface area contributed by atoms with Crippen molar-refractivity contribution < 1.29 is 24.0 Å². The van der Waals surface area contributed by atoms with Gasteiger partial charge in [0.25, 0.3) is 5.69 Å². The maximum absolute atomic E-state index is 12.2. The summed E-state index contributed by atoms with van der Waals surface area (Å²) in [5.41, 5.74) is 6.84. The predicted octanol–water partition coefficient (Wildman–Crippen LogP) is 2.58. The minimum Gasteiger partial charge on any atom is -0.493 e. The normalized spacial score (nSPS) is 12.2. The van der Waals surface area contributed by atoms with Gasteiger partial charge in [0.2, 0.25) is 0 Å². The molecule has 0 spiro atoms. The number of nitro benzene ring substituents is 1. The number of nitrogens with two attached hydrogens (primary N) is 1. The molecule has 27 heavy (non-hydrogen) atoms. The number of carbonyl (C=O) groups is 1. The Morgan fingerprint density at radius 2 is 1.74 bits per heavy atom. The highest BCUT2D eigenvalue weighted by atomic mass is 16.7. The summed E-state index contributed by atoms with van der Waals surface area (Å²) < 4.78 is 10.3. The highest BCUT2D eigenvalue weighted by Gasteiger charge is 2.19. The Labute approximate surface area is 155 Å². The molecule has 0 aliphatic carbocycles. The Morgan fingerprint density at radius 1 is 1.11 bits per heavy atom. The van der Waals surface area contributed by atoms with Crippen LogP contribution in [0.2, 0.25) is 0 Å². The maximum atomic E-state index is 12.2. The second-order valence-corrected chi connectivity index (χ2v) is 5.53. The highest BCUT2D eigenvalue weighted by molar-refractivity contribution is 5.98. The van der Waals surface area contributed by atoms with Crippen LogP contribution < -0.4 is 15.2 Å². The van der Waals surface area contributed by atoms with Gasteiger partial charge < -0.3 is 20.0 Å². The van der Waals surface area contributed by atoms with Crippen molar-refractivity contribution in [2.24, 2.45) is 10.9 Å². The van der Waals surface area contributed by atoms with Gasteiger partial charge in [0, 0.05) is 17.7 Å². The lowest BCUT2D eigenvalue weighted by atomic mass is 10.0. The number of oxime groups is 1. The molecule has 2 aromatic carbocycles. The van der Waals surface area contributed by atoms with Gasteiger partial charge in [-0.3, -0.25) is 10.1 Å². The number of hydrogen-bond acceptors (Lipinski definition) is 7. The molecule has 0 aliphatic heterocycles. The maximum Gasteiger partial charge on any atom is 0.342 e. The van der Waals surface area contributed by atoms with Crippen molar-refractivity contribution in [1.29, 1.82) is 0 Å². The minimum absolute atomic E-state index is 0.0137. The van der Waals surface area contributed by atoms with Gasteiger partial charge >= 0.3 is 5.97 Å². The van der Waals surface area contributed by atoms with Gasteiger partial charge in [0.15, 0.2) is 17.3 Å². The molecule has 0 bridgehead atoms. The monoisotopic (exact) mass is 373 g/mol. The average Bonchev–Trinajstić information content (AvgIpc) is 2.70. The third-order valence-corrected chi connectivity index (χ3v) is 3.87. The number of non-ortho nitro benzene ring substituents is 1. The van der Waals surface area contributed by atoms with Crippen molar-refractivity contribution in [2.75, 3.05) is 14.2 Å². The van der Waals surface area contributed by atoms with Crippen molar-refractivity contribution in [3.63, 3.8) is 0 Å².